The maximum Gasteiger partial charge on any atom is 0.243 e. The van der Waals surface area contributed by atoms with Gasteiger partial charge in [0.1, 0.15) is 5.82 Å². The highest BCUT2D eigenvalue weighted by Gasteiger charge is 2.32. The molecule has 3 aromatic rings. The fourth-order valence-corrected chi connectivity index (χ4v) is 4.81. The van der Waals surface area contributed by atoms with Gasteiger partial charge in [0.05, 0.1) is 15.9 Å². The van der Waals surface area contributed by atoms with Gasteiger partial charge in [-0.05, 0) is 49.2 Å². The zero-order valence-electron chi connectivity index (χ0n) is 14.9. The van der Waals surface area contributed by atoms with Crippen molar-refractivity contribution in [2.24, 2.45) is 5.92 Å². The molecule has 28 heavy (non-hydrogen) atoms. The van der Waals surface area contributed by atoms with E-state index >= 15 is 0 Å². The van der Waals surface area contributed by atoms with E-state index in [1.165, 1.54) is 16.4 Å². The smallest absolute Gasteiger partial charge is 0.243 e. The minimum absolute atomic E-state index is 0.0547. The molecule has 0 saturated carbocycles. The average Bonchev–Trinajstić information content (AvgIpc) is 3.10. The van der Waals surface area contributed by atoms with Crippen LogP contribution < -0.4 is 5.32 Å². The number of H-pyrrole nitrogens is 1. The van der Waals surface area contributed by atoms with E-state index in [1.807, 2.05) is 24.3 Å². The Morgan fingerprint density at radius 3 is 2.46 bits per heavy atom. The molecule has 0 unspecified atom stereocenters. The summed E-state index contributed by atoms with van der Waals surface area (Å²) in [6.45, 7) is 0.468. The number of nitrogens with one attached hydrogen (secondary N) is 2. The Labute approximate surface area is 161 Å². The molecule has 2 N–H and O–H groups in total. The van der Waals surface area contributed by atoms with Gasteiger partial charge in [-0.25, -0.2) is 17.8 Å². The summed E-state index contributed by atoms with van der Waals surface area (Å²) >= 11 is 0. The van der Waals surface area contributed by atoms with Gasteiger partial charge in [0, 0.05) is 19.0 Å². The number of halogens is 1. The Hall–Kier alpha value is -2.78. The number of piperidine rings is 1. The molecule has 2 heterocycles. The molecular formula is C19H19FN4O3S. The third-order valence-electron chi connectivity index (χ3n) is 4.91. The third-order valence-corrected chi connectivity index (χ3v) is 6.82. The Balaban J connectivity index is 1.39. The third kappa shape index (κ3) is 3.63. The number of hydrogen-bond acceptors (Lipinski definition) is 4. The summed E-state index contributed by atoms with van der Waals surface area (Å²) in [6.07, 6.45) is 0.818. The molecule has 1 saturated heterocycles. The quantitative estimate of drug-likeness (QED) is 0.702. The first-order valence-corrected chi connectivity index (χ1v) is 10.4. The number of para-hydroxylation sites is 2. The standard InChI is InChI=1S/C19H19FN4O3S/c20-14-5-7-15(8-6-14)28(26,27)24-11-9-13(10-12-24)18(25)23-19-21-16-3-1-2-4-17(16)22-19/h1-8,13H,9-12H2,(H2,21,22,23,25). The Morgan fingerprint density at radius 2 is 1.79 bits per heavy atom. The molecule has 0 aliphatic carbocycles. The first-order valence-electron chi connectivity index (χ1n) is 8.95. The molecule has 7 nitrogen and oxygen atoms in total. The van der Waals surface area contributed by atoms with Crippen molar-refractivity contribution in [1.29, 1.82) is 0 Å². The van der Waals surface area contributed by atoms with Crippen molar-refractivity contribution in [3.63, 3.8) is 0 Å². The Bertz CT molecular complexity index is 1070. The van der Waals surface area contributed by atoms with Crippen molar-refractivity contribution in [3.05, 3.63) is 54.3 Å². The maximum atomic E-state index is 13.0. The number of sulfonamides is 1. The van der Waals surface area contributed by atoms with Gasteiger partial charge >= 0.3 is 0 Å². The number of fused-ring (bicyclic) bond motifs is 1. The number of anilines is 1. The van der Waals surface area contributed by atoms with Crippen molar-refractivity contribution in [2.45, 2.75) is 17.7 Å². The molecule has 0 radical (unpaired) electrons. The number of aromatic amines is 1. The molecule has 2 aromatic carbocycles. The van der Waals surface area contributed by atoms with Crippen molar-refractivity contribution in [3.8, 4) is 0 Å². The number of aromatic nitrogens is 2. The normalized spacial score (nSPS) is 16.3. The number of rotatable bonds is 4. The predicted molar refractivity (Wildman–Crippen MR) is 103 cm³/mol. The fraction of sp³-hybridized carbons (Fsp3) is 0.263. The molecular weight excluding hydrogens is 383 g/mol. The Kier molecular flexibility index (Phi) is 4.86. The molecule has 0 atom stereocenters. The summed E-state index contributed by atoms with van der Waals surface area (Å²) in [5.41, 5.74) is 1.59. The summed E-state index contributed by atoms with van der Waals surface area (Å²) < 4.78 is 39.7. The largest absolute Gasteiger partial charge is 0.324 e. The summed E-state index contributed by atoms with van der Waals surface area (Å²) in [4.78, 5) is 20.0. The number of imidazole rings is 1. The van der Waals surface area contributed by atoms with E-state index in [0.29, 0.717) is 18.8 Å². The molecule has 1 amide bonds. The van der Waals surface area contributed by atoms with Crippen molar-refractivity contribution in [1.82, 2.24) is 14.3 Å². The summed E-state index contributed by atoms with van der Waals surface area (Å²) in [7, 11) is -3.69. The van der Waals surface area contributed by atoms with Crippen LogP contribution in [-0.2, 0) is 14.8 Å². The highest BCUT2D eigenvalue weighted by atomic mass is 32.2. The number of nitrogens with zero attached hydrogens (tertiary/aromatic N) is 2. The summed E-state index contributed by atoms with van der Waals surface area (Å²) in [5, 5.41) is 2.78. The van der Waals surface area contributed by atoms with Crippen LogP contribution in [0.25, 0.3) is 11.0 Å². The van der Waals surface area contributed by atoms with Crippen LogP contribution in [0.3, 0.4) is 0 Å². The average molecular weight is 402 g/mol. The van der Waals surface area contributed by atoms with Crippen LogP contribution in [0.1, 0.15) is 12.8 Å². The zero-order chi connectivity index (χ0) is 19.7. The van der Waals surface area contributed by atoms with Crippen molar-refractivity contribution >= 4 is 32.9 Å². The second-order valence-electron chi connectivity index (χ2n) is 6.72. The van der Waals surface area contributed by atoms with E-state index in [4.69, 9.17) is 0 Å². The zero-order valence-corrected chi connectivity index (χ0v) is 15.7. The summed E-state index contributed by atoms with van der Waals surface area (Å²) in [6, 6.07) is 12.2. The van der Waals surface area contributed by atoms with Crippen LogP contribution in [0, 0.1) is 11.7 Å². The first kappa shape index (κ1) is 18.6. The maximum absolute atomic E-state index is 13.0. The van der Waals surface area contributed by atoms with Crippen LogP contribution in [0.15, 0.2) is 53.4 Å². The van der Waals surface area contributed by atoms with Gasteiger partial charge in [-0.1, -0.05) is 12.1 Å². The second-order valence-corrected chi connectivity index (χ2v) is 8.66. The molecule has 0 bridgehead atoms. The highest BCUT2D eigenvalue weighted by molar-refractivity contribution is 7.89. The van der Waals surface area contributed by atoms with Crippen LogP contribution in [0.4, 0.5) is 10.3 Å². The van der Waals surface area contributed by atoms with Gasteiger partial charge in [0.15, 0.2) is 0 Å². The minimum Gasteiger partial charge on any atom is -0.324 e. The van der Waals surface area contributed by atoms with Gasteiger partial charge in [-0.2, -0.15) is 4.31 Å². The van der Waals surface area contributed by atoms with Crippen molar-refractivity contribution < 1.29 is 17.6 Å². The van der Waals surface area contributed by atoms with Crippen LogP contribution >= 0.6 is 0 Å². The molecule has 146 valence electrons. The van der Waals surface area contributed by atoms with E-state index < -0.39 is 15.8 Å². The molecule has 1 aromatic heterocycles. The van der Waals surface area contributed by atoms with E-state index in [9.17, 15) is 17.6 Å². The van der Waals surface area contributed by atoms with Crippen LogP contribution in [0.5, 0.6) is 0 Å². The number of benzene rings is 2. The van der Waals surface area contributed by atoms with Crippen LogP contribution in [0.2, 0.25) is 0 Å². The number of carbonyl (C=O) groups excluding carboxylic acids is 1. The minimum atomic E-state index is -3.69. The van der Waals surface area contributed by atoms with Crippen LogP contribution in [-0.4, -0.2) is 41.7 Å². The van der Waals surface area contributed by atoms with Gasteiger partial charge < -0.3 is 4.98 Å². The monoisotopic (exact) mass is 402 g/mol. The molecule has 1 aliphatic heterocycles. The number of amides is 1. The first-order chi connectivity index (χ1) is 13.4. The van der Waals surface area contributed by atoms with E-state index in [-0.39, 0.29) is 29.8 Å². The lowest BCUT2D eigenvalue weighted by Gasteiger charge is -2.30. The highest BCUT2D eigenvalue weighted by Crippen LogP contribution is 2.25. The van der Waals surface area contributed by atoms with Gasteiger partial charge in [0.25, 0.3) is 0 Å². The van der Waals surface area contributed by atoms with Gasteiger partial charge in [0.2, 0.25) is 21.9 Å². The molecule has 1 aliphatic rings. The lowest BCUT2D eigenvalue weighted by molar-refractivity contribution is -0.120. The van der Waals surface area contributed by atoms with Gasteiger partial charge in [-0.3, -0.25) is 10.1 Å². The topological polar surface area (TPSA) is 95.2 Å². The molecule has 4 rings (SSSR count). The number of carbonyl (C=O) groups is 1. The lowest BCUT2D eigenvalue weighted by Crippen LogP contribution is -2.41. The van der Waals surface area contributed by atoms with Crippen molar-refractivity contribution in [2.75, 3.05) is 18.4 Å². The number of hydrogen-bond donors (Lipinski definition) is 2. The fourth-order valence-electron chi connectivity index (χ4n) is 3.34. The lowest BCUT2D eigenvalue weighted by atomic mass is 9.97. The predicted octanol–water partition coefficient (Wildman–Crippen LogP) is 2.74. The molecule has 9 heteroatoms. The second kappa shape index (κ2) is 7.33. The SMILES string of the molecule is O=C(Nc1nc2ccccc2[nH]1)C1CCN(S(=O)(=O)c2ccc(F)cc2)CC1. The van der Waals surface area contributed by atoms with Gasteiger partial charge in [-0.15, -0.1) is 0 Å². The van der Waals surface area contributed by atoms with E-state index in [1.54, 1.807) is 0 Å². The molecule has 1 fully saturated rings. The Morgan fingerprint density at radius 1 is 1.11 bits per heavy atom. The molecule has 0 spiro atoms. The van der Waals surface area contributed by atoms with E-state index in [0.717, 1.165) is 23.2 Å². The summed E-state index contributed by atoms with van der Waals surface area (Å²) in [5.74, 6) is -0.585. The van der Waals surface area contributed by atoms with E-state index in [2.05, 4.69) is 15.3 Å².